The van der Waals surface area contributed by atoms with Crippen LogP contribution in [0.3, 0.4) is 0 Å². The lowest BCUT2D eigenvalue weighted by Crippen LogP contribution is -2.25. The summed E-state index contributed by atoms with van der Waals surface area (Å²) < 4.78 is 12.5. The van der Waals surface area contributed by atoms with E-state index in [1.165, 1.54) is 11.8 Å². The molecule has 1 aromatic heterocycles. The minimum Gasteiger partial charge on any atom is -0.454 e. The predicted octanol–water partition coefficient (Wildman–Crippen LogP) is 3.97. The molecule has 1 aliphatic rings. The number of rotatable bonds is 7. The Morgan fingerprint density at radius 2 is 1.83 bits per heavy atom. The molecule has 0 fully saturated rings. The molecule has 5 rings (SSSR count). The first-order valence-electron chi connectivity index (χ1n) is 11.1. The highest BCUT2D eigenvalue weighted by molar-refractivity contribution is 7.99. The maximum Gasteiger partial charge on any atom is 0.262 e. The minimum absolute atomic E-state index is 0.112. The molecule has 0 saturated carbocycles. The molecule has 4 aromatic rings. The first-order chi connectivity index (χ1) is 17.0. The Morgan fingerprint density at radius 3 is 2.63 bits per heavy atom. The number of aromatic nitrogens is 2. The third-order valence-corrected chi connectivity index (χ3v) is 6.58. The fraction of sp³-hybridized carbons (Fsp3) is 0.192. The monoisotopic (exact) mass is 488 g/mol. The van der Waals surface area contributed by atoms with Gasteiger partial charge >= 0.3 is 0 Å². The zero-order chi connectivity index (χ0) is 24.4. The Hall–Kier alpha value is -3.98. The van der Waals surface area contributed by atoms with Crippen LogP contribution in [0.2, 0.25) is 0 Å². The fourth-order valence-corrected chi connectivity index (χ4v) is 4.59. The zero-order valence-corrected chi connectivity index (χ0v) is 20.2. The van der Waals surface area contributed by atoms with E-state index >= 15 is 0 Å². The van der Waals surface area contributed by atoms with Crippen LogP contribution in [0, 0.1) is 0 Å². The van der Waals surface area contributed by atoms with Crippen LogP contribution in [-0.4, -0.2) is 42.1 Å². The minimum atomic E-state index is -0.176. The van der Waals surface area contributed by atoms with Crippen LogP contribution < -0.4 is 25.2 Å². The van der Waals surface area contributed by atoms with Gasteiger partial charge in [-0.1, -0.05) is 30.0 Å². The molecule has 3 aromatic carbocycles. The van der Waals surface area contributed by atoms with Crippen LogP contribution in [0.5, 0.6) is 11.5 Å². The Bertz CT molecular complexity index is 1450. The van der Waals surface area contributed by atoms with Gasteiger partial charge in [-0.3, -0.25) is 14.2 Å². The van der Waals surface area contributed by atoms with E-state index < -0.39 is 0 Å². The molecule has 1 N–H and O–H groups in total. The van der Waals surface area contributed by atoms with E-state index in [4.69, 9.17) is 14.5 Å². The van der Waals surface area contributed by atoms with Crippen LogP contribution in [0.25, 0.3) is 10.9 Å². The van der Waals surface area contributed by atoms with E-state index in [-0.39, 0.29) is 24.0 Å². The summed E-state index contributed by atoms with van der Waals surface area (Å²) in [5.74, 6) is 1.27. The van der Waals surface area contributed by atoms with Crippen molar-refractivity contribution in [1.82, 2.24) is 9.55 Å². The first-order valence-corrected chi connectivity index (χ1v) is 12.0. The van der Waals surface area contributed by atoms with E-state index in [2.05, 4.69) is 5.32 Å². The summed E-state index contributed by atoms with van der Waals surface area (Å²) in [6, 6.07) is 20.4. The molecular formula is C26H24N4O4S. The number of ether oxygens (including phenoxy) is 2. The number of fused-ring (bicyclic) bond motifs is 2. The Balaban J connectivity index is 1.38. The predicted molar refractivity (Wildman–Crippen MR) is 138 cm³/mol. The fourth-order valence-electron chi connectivity index (χ4n) is 3.79. The van der Waals surface area contributed by atoms with Crippen molar-refractivity contribution >= 4 is 39.9 Å². The summed E-state index contributed by atoms with van der Waals surface area (Å²) >= 11 is 1.23. The summed E-state index contributed by atoms with van der Waals surface area (Å²) in [4.78, 5) is 32.7. The van der Waals surface area contributed by atoms with Crippen LogP contribution in [-0.2, 0) is 11.3 Å². The van der Waals surface area contributed by atoms with Crippen molar-refractivity contribution in [2.75, 3.05) is 36.9 Å². The second-order valence-electron chi connectivity index (χ2n) is 8.27. The Kier molecular flexibility index (Phi) is 6.33. The second-order valence-corrected chi connectivity index (χ2v) is 9.21. The quantitative estimate of drug-likeness (QED) is 0.311. The molecule has 8 nitrogen and oxygen atoms in total. The van der Waals surface area contributed by atoms with E-state index in [1.807, 2.05) is 73.6 Å². The number of thioether (sulfide) groups is 1. The zero-order valence-electron chi connectivity index (χ0n) is 19.4. The van der Waals surface area contributed by atoms with Gasteiger partial charge in [0, 0.05) is 25.5 Å². The van der Waals surface area contributed by atoms with Gasteiger partial charge < -0.3 is 19.7 Å². The lowest BCUT2D eigenvalue weighted by molar-refractivity contribution is -0.113. The van der Waals surface area contributed by atoms with Gasteiger partial charge in [0.05, 0.1) is 23.2 Å². The summed E-state index contributed by atoms with van der Waals surface area (Å²) in [7, 11) is 3.92. The van der Waals surface area contributed by atoms with Crippen LogP contribution >= 0.6 is 11.8 Å². The largest absolute Gasteiger partial charge is 0.454 e. The van der Waals surface area contributed by atoms with Crippen LogP contribution in [0.15, 0.2) is 76.7 Å². The van der Waals surface area contributed by atoms with E-state index in [9.17, 15) is 9.59 Å². The number of para-hydroxylation sites is 1. The number of hydrogen-bond acceptors (Lipinski definition) is 7. The lowest BCUT2D eigenvalue weighted by Gasteiger charge is -2.14. The molecule has 1 amide bonds. The van der Waals surface area contributed by atoms with Gasteiger partial charge in [-0.15, -0.1) is 0 Å². The molecule has 0 bridgehead atoms. The Morgan fingerprint density at radius 1 is 1.06 bits per heavy atom. The first kappa shape index (κ1) is 22.8. The van der Waals surface area contributed by atoms with Crippen LogP contribution in [0.1, 0.15) is 5.56 Å². The summed E-state index contributed by atoms with van der Waals surface area (Å²) in [5.41, 5.74) is 3.08. The Labute approximate surface area is 206 Å². The molecule has 0 aliphatic carbocycles. The number of carbonyl (C=O) groups excluding carboxylic acids is 1. The van der Waals surface area contributed by atoms with Crippen molar-refractivity contribution in [3.8, 4) is 11.5 Å². The highest BCUT2D eigenvalue weighted by atomic mass is 32.2. The molecular weight excluding hydrogens is 464 g/mol. The van der Waals surface area contributed by atoms with Gasteiger partial charge in [0.2, 0.25) is 12.7 Å². The molecule has 1 aliphatic heterocycles. The third kappa shape index (κ3) is 4.95. The van der Waals surface area contributed by atoms with Crippen molar-refractivity contribution in [2.24, 2.45) is 0 Å². The third-order valence-electron chi connectivity index (χ3n) is 5.60. The highest BCUT2D eigenvalue weighted by Crippen LogP contribution is 2.33. The van der Waals surface area contributed by atoms with Gasteiger partial charge in [-0.05, 0) is 54.1 Å². The van der Waals surface area contributed by atoms with E-state index in [0.29, 0.717) is 39.8 Å². The smallest absolute Gasteiger partial charge is 0.262 e. The topological polar surface area (TPSA) is 85.7 Å². The average Bonchev–Trinajstić information content (AvgIpc) is 3.33. The van der Waals surface area contributed by atoms with Crippen molar-refractivity contribution in [3.05, 3.63) is 82.6 Å². The number of carbonyl (C=O) groups is 1. The highest BCUT2D eigenvalue weighted by Gasteiger charge is 2.17. The van der Waals surface area contributed by atoms with Gasteiger partial charge in [0.25, 0.3) is 5.56 Å². The van der Waals surface area contributed by atoms with E-state index in [0.717, 1.165) is 11.3 Å². The second kappa shape index (κ2) is 9.71. The van der Waals surface area contributed by atoms with E-state index in [1.54, 1.807) is 16.7 Å². The van der Waals surface area contributed by atoms with Gasteiger partial charge in [-0.25, -0.2) is 4.98 Å². The number of hydrogen-bond donors (Lipinski definition) is 1. The lowest BCUT2D eigenvalue weighted by atomic mass is 10.2. The molecule has 178 valence electrons. The van der Waals surface area contributed by atoms with Gasteiger partial charge in [0.1, 0.15) is 0 Å². The van der Waals surface area contributed by atoms with Gasteiger partial charge in [-0.2, -0.15) is 0 Å². The maximum atomic E-state index is 13.4. The van der Waals surface area contributed by atoms with Gasteiger partial charge in [0.15, 0.2) is 16.7 Å². The van der Waals surface area contributed by atoms with Crippen LogP contribution in [0.4, 0.5) is 11.4 Å². The molecule has 0 radical (unpaired) electrons. The molecule has 0 saturated heterocycles. The SMILES string of the molecule is CN(C)c1ccc(NC(=O)CSc2nc3ccccc3c(=O)n2Cc2ccc3c(c2)OCO3)cc1. The molecule has 35 heavy (non-hydrogen) atoms. The molecule has 0 spiro atoms. The number of amides is 1. The van der Waals surface area contributed by atoms with Crippen molar-refractivity contribution in [3.63, 3.8) is 0 Å². The number of nitrogens with zero attached hydrogens (tertiary/aromatic N) is 3. The molecule has 9 heteroatoms. The maximum absolute atomic E-state index is 13.4. The van der Waals surface area contributed by atoms with Crippen molar-refractivity contribution in [2.45, 2.75) is 11.7 Å². The summed E-state index contributed by atoms with van der Waals surface area (Å²) in [6.45, 7) is 0.480. The standard InChI is InChI=1S/C26H24N4O4S/c1-29(2)19-10-8-18(9-11-19)27-24(31)15-35-26-28-21-6-4-3-5-20(21)25(32)30(26)14-17-7-12-22-23(13-17)34-16-33-22/h3-13H,14-16H2,1-2H3,(H,27,31). The van der Waals surface area contributed by atoms with Crippen molar-refractivity contribution < 1.29 is 14.3 Å². The molecule has 0 atom stereocenters. The number of anilines is 2. The summed E-state index contributed by atoms with van der Waals surface area (Å²) in [6.07, 6.45) is 0. The average molecular weight is 489 g/mol. The van der Waals surface area contributed by atoms with Crippen molar-refractivity contribution in [1.29, 1.82) is 0 Å². The number of nitrogens with one attached hydrogen (secondary N) is 1. The normalized spacial score (nSPS) is 12.1. The molecule has 0 unspecified atom stereocenters. The molecule has 2 heterocycles. The summed E-state index contributed by atoms with van der Waals surface area (Å²) in [5, 5.41) is 3.91. The number of benzene rings is 3.